The summed E-state index contributed by atoms with van der Waals surface area (Å²) in [5.74, 6) is 0.206. The van der Waals surface area contributed by atoms with Crippen molar-refractivity contribution in [2.24, 2.45) is 0 Å². The highest BCUT2D eigenvalue weighted by Crippen LogP contribution is 2.35. The number of fused-ring (bicyclic) bond motifs is 1. The zero-order chi connectivity index (χ0) is 15.8. The van der Waals surface area contributed by atoms with E-state index in [1.165, 1.54) is 0 Å². The van der Waals surface area contributed by atoms with Crippen molar-refractivity contribution in [1.82, 2.24) is 9.88 Å². The van der Waals surface area contributed by atoms with Gasteiger partial charge in [0, 0.05) is 19.2 Å². The highest BCUT2D eigenvalue weighted by Gasteiger charge is 2.48. The molecule has 2 aliphatic rings. The molecule has 6 heteroatoms. The van der Waals surface area contributed by atoms with E-state index in [0.717, 1.165) is 24.2 Å². The molecule has 4 heterocycles. The van der Waals surface area contributed by atoms with Gasteiger partial charge in [0.2, 0.25) is 11.8 Å². The molecule has 0 saturated carbocycles. The molecule has 4 rings (SSSR count). The van der Waals surface area contributed by atoms with Gasteiger partial charge in [-0.25, -0.2) is 0 Å². The Morgan fingerprint density at radius 2 is 2.26 bits per heavy atom. The molecule has 2 aromatic heterocycles. The smallest absolute Gasteiger partial charge is 0.229 e. The van der Waals surface area contributed by atoms with Crippen molar-refractivity contribution in [1.29, 1.82) is 0 Å². The number of anilines is 1. The van der Waals surface area contributed by atoms with Gasteiger partial charge in [-0.1, -0.05) is 0 Å². The standard InChI is InChI=1S/C17H17N3O2S/c21-16(8-12-4-7-23-11-12)19-6-3-14-15(19)9-17(22)20(14)13-2-1-5-18-10-13/h1-2,4-5,7,10-11,14-15H,3,6,8-9H2/t14-,15+/m0/s1. The SMILES string of the molecule is O=C(Cc1ccsc1)N1CC[C@H]2[C@H]1CC(=O)N2c1cccnc1. The molecule has 2 atom stereocenters. The summed E-state index contributed by atoms with van der Waals surface area (Å²) >= 11 is 1.60. The van der Waals surface area contributed by atoms with E-state index in [-0.39, 0.29) is 23.9 Å². The number of carbonyl (C=O) groups is 2. The first-order chi connectivity index (χ1) is 11.2. The molecule has 0 N–H and O–H groups in total. The molecule has 0 unspecified atom stereocenters. The number of hydrogen-bond acceptors (Lipinski definition) is 4. The summed E-state index contributed by atoms with van der Waals surface area (Å²) in [7, 11) is 0. The topological polar surface area (TPSA) is 53.5 Å². The van der Waals surface area contributed by atoms with E-state index in [4.69, 9.17) is 0 Å². The Hall–Kier alpha value is -2.21. The van der Waals surface area contributed by atoms with Gasteiger partial charge < -0.3 is 9.80 Å². The Labute approximate surface area is 138 Å². The largest absolute Gasteiger partial charge is 0.337 e. The summed E-state index contributed by atoms with van der Waals surface area (Å²) in [4.78, 5) is 32.9. The maximum absolute atomic E-state index is 12.6. The van der Waals surface area contributed by atoms with Crippen LogP contribution in [-0.2, 0) is 16.0 Å². The predicted molar refractivity (Wildman–Crippen MR) is 88.3 cm³/mol. The third-order valence-corrected chi connectivity index (χ3v) is 5.41. The Balaban J connectivity index is 1.53. The molecule has 2 aromatic rings. The summed E-state index contributed by atoms with van der Waals surface area (Å²) in [5.41, 5.74) is 1.88. The number of nitrogens with zero attached hydrogens (tertiary/aromatic N) is 3. The summed E-state index contributed by atoms with van der Waals surface area (Å²) in [6, 6.07) is 5.80. The second-order valence-electron chi connectivity index (χ2n) is 6.00. The molecular formula is C17H17N3O2S. The van der Waals surface area contributed by atoms with Gasteiger partial charge in [-0.3, -0.25) is 14.6 Å². The quantitative estimate of drug-likeness (QED) is 0.867. The van der Waals surface area contributed by atoms with E-state index in [1.807, 2.05) is 38.8 Å². The van der Waals surface area contributed by atoms with Crippen molar-refractivity contribution in [3.8, 4) is 0 Å². The zero-order valence-corrected chi connectivity index (χ0v) is 13.4. The predicted octanol–water partition coefficient (Wildman–Crippen LogP) is 2.09. The van der Waals surface area contributed by atoms with Gasteiger partial charge in [0.25, 0.3) is 0 Å². The molecule has 2 amide bonds. The summed E-state index contributed by atoms with van der Waals surface area (Å²) < 4.78 is 0. The van der Waals surface area contributed by atoms with E-state index in [2.05, 4.69) is 4.98 Å². The summed E-state index contributed by atoms with van der Waals surface area (Å²) in [6.45, 7) is 0.725. The summed E-state index contributed by atoms with van der Waals surface area (Å²) in [6.07, 6.45) is 5.09. The van der Waals surface area contributed by atoms with Crippen LogP contribution in [0.2, 0.25) is 0 Å². The first-order valence-electron chi connectivity index (χ1n) is 7.76. The first-order valence-corrected chi connectivity index (χ1v) is 8.71. The lowest BCUT2D eigenvalue weighted by molar-refractivity contribution is -0.131. The van der Waals surface area contributed by atoms with Gasteiger partial charge in [0.05, 0.1) is 30.4 Å². The molecule has 23 heavy (non-hydrogen) atoms. The van der Waals surface area contributed by atoms with Crippen LogP contribution in [0.4, 0.5) is 5.69 Å². The van der Waals surface area contributed by atoms with Gasteiger partial charge in [0.15, 0.2) is 0 Å². The number of thiophene rings is 1. The van der Waals surface area contributed by atoms with Crippen LogP contribution in [0.3, 0.4) is 0 Å². The van der Waals surface area contributed by atoms with E-state index in [1.54, 1.807) is 23.7 Å². The monoisotopic (exact) mass is 327 g/mol. The lowest BCUT2D eigenvalue weighted by Gasteiger charge is -2.25. The van der Waals surface area contributed by atoms with Crippen LogP contribution in [-0.4, -0.2) is 40.3 Å². The van der Waals surface area contributed by atoms with Gasteiger partial charge in [0.1, 0.15) is 0 Å². The van der Waals surface area contributed by atoms with Crippen molar-refractivity contribution in [2.75, 3.05) is 11.4 Å². The van der Waals surface area contributed by atoms with Gasteiger partial charge in [-0.2, -0.15) is 11.3 Å². The van der Waals surface area contributed by atoms with Gasteiger partial charge in [-0.05, 0) is 40.9 Å². The molecule has 0 radical (unpaired) electrons. The van der Waals surface area contributed by atoms with Crippen LogP contribution in [0, 0.1) is 0 Å². The Kier molecular flexibility index (Phi) is 3.61. The average Bonchev–Trinajstić information content (AvgIpc) is 3.24. The Morgan fingerprint density at radius 3 is 3.00 bits per heavy atom. The van der Waals surface area contributed by atoms with E-state index in [0.29, 0.717) is 12.8 Å². The number of likely N-dealkylation sites (tertiary alicyclic amines) is 1. The maximum atomic E-state index is 12.6. The maximum Gasteiger partial charge on any atom is 0.229 e. The number of rotatable bonds is 3. The fourth-order valence-corrected chi connectivity index (χ4v) is 4.33. The fourth-order valence-electron chi connectivity index (χ4n) is 3.66. The molecule has 2 aliphatic heterocycles. The van der Waals surface area contributed by atoms with E-state index < -0.39 is 0 Å². The second-order valence-corrected chi connectivity index (χ2v) is 6.78. The normalized spacial score (nSPS) is 23.4. The van der Waals surface area contributed by atoms with Crippen LogP contribution in [0.1, 0.15) is 18.4 Å². The van der Waals surface area contributed by atoms with Crippen LogP contribution < -0.4 is 4.90 Å². The molecular weight excluding hydrogens is 310 g/mol. The number of aromatic nitrogens is 1. The van der Waals surface area contributed by atoms with Crippen molar-refractivity contribution in [2.45, 2.75) is 31.3 Å². The van der Waals surface area contributed by atoms with Crippen molar-refractivity contribution >= 4 is 28.8 Å². The van der Waals surface area contributed by atoms with Crippen LogP contribution in [0.5, 0.6) is 0 Å². The molecule has 2 fully saturated rings. The molecule has 5 nitrogen and oxygen atoms in total. The van der Waals surface area contributed by atoms with Crippen LogP contribution in [0.25, 0.3) is 0 Å². The third kappa shape index (κ3) is 2.53. The highest BCUT2D eigenvalue weighted by atomic mass is 32.1. The molecule has 0 bridgehead atoms. The van der Waals surface area contributed by atoms with Crippen LogP contribution in [0.15, 0.2) is 41.4 Å². The number of hydrogen-bond donors (Lipinski definition) is 0. The van der Waals surface area contributed by atoms with Gasteiger partial charge >= 0.3 is 0 Å². The zero-order valence-electron chi connectivity index (χ0n) is 12.6. The van der Waals surface area contributed by atoms with E-state index in [9.17, 15) is 9.59 Å². The summed E-state index contributed by atoms with van der Waals surface area (Å²) in [5, 5.41) is 3.99. The number of pyridine rings is 1. The minimum Gasteiger partial charge on any atom is -0.337 e. The number of amides is 2. The lowest BCUT2D eigenvalue weighted by Crippen LogP contribution is -2.40. The minimum atomic E-state index is -0.00570. The molecule has 118 valence electrons. The highest BCUT2D eigenvalue weighted by molar-refractivity contribution is 7.08. The van der Waals surface area contributed by atoms with Crippen LogP contribution >= 0.6 is 11.3 Å². The van der Waals surface area contributed by atoms with Gasteiger partial charge in [-0.15, -0.1) is 0 Å². The second kappa shape index (κ2) is 5.77. The third-order valence-electron chi connectivity index (χ3n) is 4.67. The fraction of sp³-hybridized carbons (Fsp3) is 0.353. The lowest BCUT2D eigenvalue weighted by atomic mass is 10.1. The number of carbonyl (C=O) groups excluding carboxylic acids is 2. The Morgan fingerprint density at radius 1 is 1.35 bits per heavy atom. The van der Waals surface area contributed by atoms with Crippen molar-refractivity contribution < 1.29 is 9.59 Å². The molecule has 2 saturated heterocycles. The molecule has 0 spiro atoms. The van der Waals surface area contributed by atoms with Crippen molar-refractivity contribution in [3.63, 3.8) is 0 Å². The Bertz CT molecular complexity index is 717. The molecule has 0 aliphatic carbocycles. The minimum absolute atomic E-state index is 0.00570. The first kappa shape index (κ1) is 14.4. The van der Waals surface area contributed by atoms with E-state index >= 15 is 0 Å². The average molecular weight is 327 g/mol. The molecule has 0 aromatic carbocycles. The van der Waals surface area contributed by atoms with Crippen molar-refractivity contribution in [3.05, 3.63) is 46.9 Å².